The van der Waals surface area contributed by atoms with Crippen LogP contribution in [0, 0.1) is 0 Å². The van der Waals surface area contributed by atoms with Gasteiger partial charge in [-0.2, -0.15) is 5.10 Å². The second-order valence-electron chi connectivity index (χ2n) is 1.60. The van der Waals surface area contributed by atoms with Gasteiger partial charge in [0.05, 0.1) is 0 Å². The van der Waals surface area contributed by atoms with Crippen LogP contribution in [0.2, 0.25) is 0 Å². The van der Waals surface area contributed by atoms with E-state index in [-0.39, 0.29) is 5.71 Å². The van der Waals surface area contributed by atoms with Crippen molar-refractivity contribution in [1.82, 2.24) is 5.43 Å². The molecule has 0 saturated heterocycles. The van der Waals surface area contributed by atoms with Crippen LogP contribution in [0.25, 0.3) is 0 Å². The predicted molar refractivity (Wildman–Crippen MR) is 32.0 cm³/mol. The summed E-state index contributed by atoms with van der Waals surface area (Å²) in [4.78, 5) is 10.1. The first-order chi connectivity index (χ1) is 4.30. The van der Waals surface area contributed by atoms with Crippen molar-refractivity contribution in [2.75, 3.05) is 0 Å². The molecule has 9 heavy (non-hydrogen) atoms. The third kappa shape index (κ3) is 1.28. The number of carbonyl (C=O) groups is 1. The first-order valence-corrected chi connectivity index (χ1v) is 2.51. The van der Waals surface area contributed by atoms with Crippen molar-refractivity contribution in [2.45, 2.75) is 6.42 Å². The van der Waals surface area contributed by atoms with Crippen molar-refractivity contribution < 1.29 is 9.90 Å². The van der Waals surface area contributed by atoms with Crippen molar-refractivity contribution in [3.63, 3.8) is 0 Å². The lowest BCUT2D eigenvalue weighted by Crippen LogP contribution is -2.18. The fourth-order valence-corrected chi connectivity index (χ4v) is 0.519. The quantitative estimate of drug-likeness (QED) is 0.517. The average molecular weight is 126 g/mol. The molecule has 1 rings (SSSR count). The maximum absolute atomic E-state index is 10.1. The number of nitrogens with zero attached hydrogens (tertiary/aromatic N) is 1. The Morgan fingerprint density at radius 1 is 1.89 bits per heavy atom. The highest BCUT2D eigenvalue weighted by molar-refractivity contribution is 6.36. The molecule has 0 atom stereocenters. The minimum Gasteiger partial charge on any atom is -0.477 e. The molecule has 0 amide bonds. The Hall–Kier alpha value is -1.32. The number of hydrazone groups is 1. The molecule has 0 unspecified atom stereocenters. The second kappa shape index (κ2) is 2.30. The normalized spacial score (nSPS) is 16.2. The molecule has 0 aromatic carbocycles. The van der Waals surface area contributed by atoms with E-state index in [1.807, 2.05) is 0 Å². The van der Waals surface area contributed by atoms with Gasteiger partial charge >= 0.3 is 5.97 Å². The molecule has 0 radical (unpaired) electrons. The highest BCUT2D eigenvalue weighted by Gasteiger charge is 2.07. The summed E-state index contributed by atoms with van der Waals surface area (Å²) in [5.41, 5.74) is 2.59. The maximum Gasteiger partial charge on any atom is 0.352 e. The van der Waals surface area contributed by atoms with Crippen molar-refractivity contribution >= 4 is 11.7 Å². The van der Waals surface area contributed by atoms with Gasteiger partial charge in [0.15, 0.2) is 0 Å². The largest absolute Gasteiger partial charge is 0.477 e. The molecule has 1 aliphatic rings. The molecule has 0 aliphatic carbocycles. The third-order valence-electron chi connectivity index (χ3n) is 0.950. The molecule has 1 heterocycles. The van der Waals surface area contributed by atoms with Crippen LogP contribution >= 0.6 is 0 Å². The second-order valence-corrected chi connectivity index (χ2v) is 1.60. The molecule has 0 bridgehead atoms. The van der Waals surface area contributed by atoms with Crippen LogP contribution in [-0.4, -0.2) is 16.8 Å². The standard InChI is InChI=1S/C5H6N2O2/c8-5(9)4-2-1-3-6-7-4/h1,3,6H,2H2,(H,8,9). The van der Waals surface area contributed by atoms with Crippen molar-refractivity contribution in [1.29, 1.82) is 0 Å². The summed E-state index contributed by atoms with van der Waals surface area (Å²) in [6.45, 7) is 0. The highest BCUT2D eigenvalue weighted by atomic mass is 16.4. The zero-order valence-corrected chi connectivity index (χ0v) is 4.66. The number of nitrogens with one attached hydrogen (secondary N) is 1. The van der Waals surface area contributed by atoms with E-state index in [1.165, 1.54) is 0 Å². The van der Waals surface area contributed by atoms with E-state index in [2.05, 4.69) is 10.5 Å². The molecule has 0 saturated carbocycles. The summed E-state index contributed by atoms with van der Waals surface area (Å²) < 4.78 is 0. The summed E-state index contributed by atoms with van der Waals surface area (Å²) in [5.74, 6) is -0.966. The maximum atomic E-state index is 10.1. The molecular formula is C5H6N2O2. The summed E-state index contributed by atoms with van der Waals surface area (Å²) in [5, 5.41) is 11.8. The van der Waals surface area contributed by atoms with Crippen LogP contribution in [-0.2, 0) is 4.79 Å². The topological polar surface area (TPSA) is 61.7 Å². The van der Waals surface area contributed by atoms with Crippen molar-refractivity contribution in [3.8, 4) is 0 Å². The van der Waals surface area contributed by atoms with E-state index in [4.69, 9.17) is 5.11 Å². The summed E-state index contributed by atoms with van der Waals surface area (Å²) in [6, 6.07) is 0. The van der Waals surface area contributed by atoms with Crippen LogP contribution in [0.15, 0.2) is 17.4 Å². The molecule has 0 spiro atoms. The van der Waals surface area contributed by atoms with Gasteiger partial charge in [0.25, 0.3) is 0 Å². The van der Waals surface area contributed by atoms with E-state index in [1.54, 1.807) is 12.3 Å². The fraction of sp³-hybridized carbons (Fsp3) is 0.200. The number of rotatable bonds is 1. The van der Waals surface area contributed by atoms with Crippen LogP contribution in [0.4, 0.5) is 0 Å². The van der Waals surface area contributed by atoms with Crippen LogP contribution in [0.5, 0.6) is 0 Å². The number of allylic oxidation sites excluding steroid dienone is 1. The Morgan fingerprint density at radius 2 is 2.67 bits per heavy atom. The number of carboxylic acids is 1. The van der Waals surface area contributed by atoms with Crippen molar-refractivity contribution in [2.24, 2.45) is 5.10 Å². The Labute approximate surface area is 51.9 Å². The van der Waals surface area contributed by atoms with Gasteiger partial charge in [-0.3, -0.25) is 5.43 Å². The zero-order valence-electron chi connectivity index (χ0n) is 4.66. The van der Waals surface area contributed by atoms with E-state index in [9.17, 15) is 4.79 Å². The highest BCUT2D eigenvalue weighted by Crippen LogP contribution is 1.92. The number of carboxylic acid groups (broad SMARTS) is 1. The smallest absolute Gasteiger partial charge is 0.352 e. The number of aliphatic carboxylic acids is 1. The van der Waals surface area contributed by atoms with Gasteiger partial charge in [0, 0.05) is 12.6 Å². The first-order valence-electron chi connectivity index (χ1n) is 2.51. The summed E-state index contributed by atoms with van der Waals surface area (Å²) in [7, 11) is 0. The molecule has 48 valence electrons. The van der Waals surface area contributed by atoms with Gasteiger partial charge in [0.2, 0.25) is 0 Å². The van der Waals surface area contributed by atoms with Crippen molar-refractivity contribution in [3.05, 3.63) is 12.3 Å². The molecule has 0 aromatic heterocycles. The monoisotopic (exact) mass is 126 g/mol. The third-order valence-corrected chi connectivity index (χ3v) is 0.950. The van der Waals surface area contributed by atoms with Gasteiger partial charge in [-0.1, -0.05) is 6.08 Å². The van der Waals surface area contributed by atoms with E-state index < -0.39 is 5.97 Å². The predicted octanol–water partition coefficient (Wildman–Crippen LogP) is -0.0660. The van der Waals surface area contributed by atoms with Crippen LogP contribution < -0.4 is 5.43 Å². The minimum atomic E-state index is -0.966. The van der Waals surface area contributed by atoms with E-state index >= 15 is 0 Å². The average Bonchev–Trinajstić information content (AvgIpc) is 1.90. The Balaban J connectivity index is 2.61. The van der Waals surface area contributed by atoms with Gasteiger partial charge in [-0.15, -0.1) is 0 Å². The van der Waals surface area contributed by atoms with Gasteiger partial charge in [-0.05, 0) is 0 Å². The van der Waals surface area contributed by atoms with Gasteiger partial charge in [-0.25, -0.2) is 4.79 Å². The summed E-state index contributed by atoms with van der Waals surface area (Å²) >= 11 is 0. The number of hydrogen-bond donors (Lipinski definition) is 2. The lowest BCUT2D eigenvalue weighted by atomic mass is 10.2. The summed E-state index contributed by atoms with van der Waals surface area (Å²) in [6.07, 6.45) is 3.71. The molecule has 1 aliphatic heterocycles. The van der Waals surface area contributed by atoms with Gasteiger partial charge < -0.3 is 5.11 Å². The molecule has 2 N–H and O–H groups in total. The Morgan fingerprint density at radius 3 is 3.00 bits per heavy atom. The lowest BCUT2D eigenvalue weighted by Gasteiger charge is -2.01. The number of hydrogen-bond acceptors (Lipinski definition) is 3. The Bertz CT molecular complexity index is 183. The van der Waals surface area contributed by atoms with Crippen LogP contribution in [0.1, 0.15) is 6.42 Å². The molecular weight excluding hydrogens is 120 g/mol. The zero-order chi connectivity index (χ0) is 6.69. The SMILES string of the molecule is O=C(O)C1=NNC=CC1. The fourth-order valence-electron chi connectivity index (χ4n) is 0.519. The van der Waals surface area contributed by atoms with Crippen LogP contribution in [0.3, 0.4) is 0 Å². The van der Waals surface area contributed by atoms with Gasteiger partial charge in [0.1, 0.15) is 5.71 Å². The minimum absolute atomic E-state index is 0.150. The molecule has 0 aromatic rings. The molecule has 4 heteroatoms. The molecule has 0 fully saturated rings. The van der Waals surface area contributed by atoms with E-state index in [0.717, 1.165) is 0 Å². The Kier molecular flexibility index (Phi) is 1.48. The van der Waals surface area contributed by atoms with E-state index in [0.29, 0.717) is 6.42 Å². The molecule has 4 nitrogen and oxygen atoms in total. The first kappa shape index (κ1) is 5.81. The lowest BCUT2D eigenvalue weighted by molar-refractivity contribution is -0.129.